The largest absolute Gasteiger partial charge is 0.441 e. The van der Waals surface area contributed by atoms with Gasteiger partial charge in [-0.25, -0.2) is 4.39 Å². The molecule has 0 aliphatic carbocycles. The van der Waals surface area contributed by atoms with Gasteiger partial charge in [0.1, 0.15) is 0 Å². The molecule has 0 radical (unpaired) electrons. The fourth-order valence-corrected chi connectivity index (χ4v) is 0.336. The Bertz CT molecular complexity index is 151. The van der Waals surface area contributed by atoms with Crippen LogP contribution in [-0.4, -0.2) is 15.4 Å². The topological polar surface area (TPSA) is 17.1 Å². The molecule has 0 fully saturated rings. The first-order valence-corrected chi connectivity index (χ1v) is 3.42. The lowest BCUT2D eigenvalue weighted by Crippen LogP contribution is -2.39. The van der Waals surface area contributed by atoms with E-state index >= 15 is 0 Å². The van der Waals surface area contributed by atoms with Gasteiger partial charge in [-0.2, -0.15) is 13.2 Å². The van der Waals surface area contributed by atoms with Gasteiger partial charge < -0.3 is 0 Å². The van der Waals surface area contributed by atoms with Gasteiger partial charge >= 0.3 is 10.8 Å². The standard InChI is InChI=1S/C3Br2F4O/c4-1(10)2(5,6)3(7,8)9/t2-/m1/s1. The van der Waals surface area contributed by atoms with Crippen molar-refractivity contribution in [1.29, 1.82) is 0 Å². The summed E-state index contributed by atoms with van der Waals surface area (Å²) < 4.78 is 40.6. The highest BCUT2D eigenvalue weighted by Crippen LogP contribution is 2.41. The van der Waals surface area contributed by atoms with E-state index in [-0.39, 0.29) is 0 Å². The Kier molecular flexibility index (Phi) is 2.86. The van der Waals surface area contributed by atoms with Gasteiger partial charge in [-0.05, 0) is 31.9 Å². The zero-order chi connectivity index (χ0) is 8.58. The molecular weight excluding hydrogens is 288 g/mol. The van der Waals surface area contributed by atoms with Crippen molar-refractivity contribution in [2.75, 3.05) is 0 Å². The third kappa shape index (κ3) is 1.91. The molecule has 0 aliphatic heterocycles. The van der Waals surface area contributed by atoms with Crippen molar-refractivity contribution >= 4 is 36.6 Å². The second kappa shape index (κ2) is 2.77. The molecule has 7 heteroatoms. The van der Waals surface area contributed by atoms with Gasteiger partial charge in [-0.15, -0.1) is 0 Å². The molecule has 0 aromatic heterocycles. The number of hydrogen-bond donors (Lipinski definition) is 0. The Morgan fingerprint density at radius 3 is 1.50 bits per heavy atom. The maximum Gasteiger partial charge on any atom is 0.441 e. The molecule has 0 aromatic rings. The Morgan fingerprint density at radius 2 is 1.50 bits per heavy atom. The van der Waals surface area contributed by atoms with Gasteiger partial charge in [0, 0.05) is 0 Å². The first-order valence-electron chi connectivity index (χ1n) is 1.84. The van der Waals surface area contributed by atoms with E-state index in [9.17, 15) is 22.4 Å². The number of halogens is 6. The molecule has 0 aromatic carbocycles. The highest BCUT2D eigenvalue weighted by atomic mass is 79.9. The van der Waals surface area contributed by atoms with Crippen LogP contribution in [0.5, 0.6) is 0 Å². The van der Waals surface area contributed by atoms with Crippen molar-refractivity contribution in [2.24, 2.45) is 0 Å². The molecular formula is C3Br2F4O. The molecule has 0 spiro atoms. The zero-order valence-electron chi connectivity index (χ0n) is 4.18. The van der Waals surface area contributed by atoms with Crippen LogP contribution in [0.2, 0.25) is 0 Å². The summed E-state index contributed by atoms with van der Waals surface area (Å²) in [6, 6.07) is 0. The van der Waals surface area contributed by atoms with E-state index in [2.05, 4.69) is 0 Å². The van der Waals surface area contributed by atoms with Crippen molar-refractivity contribution < 1.29 is 22.4 Å². The molecule has 0 unspecified atom stereocenters. The molecule has 1 nitrogen and oxygen atoms in total. The lowest BCUT2D eigenvalue weighted by molar-refractivity contribution is -0.189. The summed E-state index contributed by atoms with van der Waals surface area (Å²) in [6.07, 6.45) is -5.23. The Morgan fingerprint density at radius 1 is 1.20 bits per heavy atom. The van der Waals surface area contributed by atoms with E-state index in [0.29, 0.717) is 0 Å². The number of alkyl halides is 5. The van der Waals surface area contributed by atoms with Gasteiger partial charge in [-0.1, -0.05) is 0 Å². The third-order valence-corrected chi connectivity index (χ3v) is 2.49. The average molecular weight is 288 g/mol. The van der Waals surface area contributed by atoms with Crippen molar-refractivity contribution in [2.45, 2.75) is 10.8 Å². The van der Waals surface area contributed by atoms with E-state index < -0.39 is 15.4 Å². The lowest BCUT2D eigenvalue weighted by atomic mass is 10.4. The highest BCUT2D eigenvalue weighted by molar-refractivity contribution is 9.20. The minimum atomic E-state index is -5.23. The van der Waals surface area contributed by atoms with Gasteiger partial charge in [-0.3, -0.25) is 4.79 Å². The van der Waals surface area contributed by atoms with Crippen molar-refractivity contribution in [3.63, 3.8) is 0 Å². The normalized spacial score (nSPS) is 18.2. The number of rotatable bonds is 1. The van der Waals surface area contributed by atoms with Crippen LogP contribution in [0.4, 0.5) is 17.6 Å². The highest BCUT2D eigenvalue weighted by Gasteiger charge is 2.59. The van der Waals surface area contributed by atoms with Crippen LogP contribution in [0.15, 0.2) is 0 Å². The summed E-state index contributed by atoms with van der Waals surface area (Å²) in [6.45, 7) is 0. The summed E-state index contributed by atoms with van der Waals surface area (Å²) in [7, 11) is 0. The molecule has 1 atom stereocenters. The summed E-state index contributed by atoms with van der Waals surface area (Å²) in [5.74, 6) is 0. The average Bonchev–Trinajstić information content (AvgIpc) is 1.62. The number of carbonyl (C=O) groups is 1. The third-order valence-electron chi connectivity index (χ3n) is 0.603. The molecule has 0 saturated carbocycles. The number of carbonyl (C=O) groups excluding carboxylic acids is 1. The second-order valence-corrected chi connectivity index (χ2v) is 3.16. The van der Waals surface area contributed by atoms with Crippen LogP contribution < -0.4 is 0 Å². The van der Waals surface area contributed by atoms with Crippen LogP contribution >= 0.6 is 31.9 Å². The van der Waals surface area contributed by atoms with Gasteiger partial charge in [0.2, 0.25) is 0 Å². The maximum absolute atomic E-state index is 12.1. The van der Waals surface area contributed by atoms with Crippen molar-refractivity contribution in [1.82, 2.24) is 0 Å². The Hall–Kier alpha value is 0.350. The van der Waals surface area contributed by atoms with Gasteiger partial charge in [0.15, 0.2) is 0 Å². The molecule has 0 rings (SSSR count). The molecule has 0 saturated heterocycles. The SMILES string of the molecule is O=C(Br)[C@](F)(Br)C(F)(F)F. The predicted molar refractivity (Wildman–Crippen MR) is 32.8 cm³/mol. The van der Waals surface area contributed by atoms with Crippen LogP contribution in [-0.2, 0) is 4.79 Å². The lowest BCUT2D eigenvalue weighted by Gasteiger charge is -2.16. The van der Waals surface area contributed by atoms with Crippen LogP contribution in [0, 0.1) is 0 Å². The van der Waals surface area contributed by atoms with Gasteiger partial charge in [0.25, 0.3) is 4.69 Å². The van der Waals surface area contributed by atoms with Crippen molar-refractivity contribution in [3.05, 3.63) is 0 Å². The van der Waals surface area contributed by atoms with E-state index in [1.165, 1.54) is 0 Å². The monoisotopic (exact) mass is 286 g/mol. The first-order chi connectivity index (χ1) is 4.19. The second-order valence-electron chi connectivity index (χ2n) is 1.35. The molecule has 60 valence electrons. The summed E-state index contributed by atoms with van der Waals surface area (Å²) in [5, 5.41) is 0. The van der Waals surface area contributed by atoms with Crippen LogP contribution in [0.1, 0.15) is 0 Å². The number of hydrogen-bond acceptors (Lipinski definition) is 1. The minimum absolute atomic E-state index is 1.58. The molecule has 0 aliphatic rings. The molecule has 10 heavy (non-hydrogen) atoms. The summed E-state index contributed by atoms with van der Waals surface area (Å²) in [4.78, 5) is 9.89. The Balaban J connectivity index is 4.57. The maximum atomic E-state index is 12.1. The first kappa shape index (κ1) is 10.3. The van der Waals surface area contributed by atoms with E-state index in [0.717, 1.165) is 0 Å². The molecule has 0 N–H and O–H groups in total. The predicted octanol–water partition coefficient (Wildman–Crippen LogP) is 2.53. The fourth-order valence-electron chi connectivity index (χ4n) is 0.111. The summed E-state index contributed by atoms with van der Waals surface area (Å²) in [5.41, 5.74) is 0. The van der Waals surface area contributed by atoms with Crippen LogP contribution in [0.3, 0.4) is 0 Å². The minimum Gasteiger partial charge on any atom is -0.282 e. The van der Waals surface area contributed by atoms with Crippen LogP contribution in [0.25, 0.3) is 0 Å². The fraction of sp³-hybridized carbons (Fsp3) is 0.667. The molecule has 0 bridgehead atoms. The quantitative estimate of drug-likeness (QED) is 0.411. The molecule has 0 heterocycles. The zero-order valence-corrected chi connectivity index (χ0v) is 7.35. The van der Waals surface area contributed by atoms with E-state index in [1.807, 2.05) is 15.9 Å². The smallest absolute Gasteiger partial charge is 0.282 e. The summed E-state index contributed by atoms with van der Waals surface area (Å²) >= 11 is 3.43. The van der Waals surface area contributed by atoms with E-state index in [1.54, 1.807) is 15.9 Å². The molecule has 0 amide bonds. The van der Waals surface area contributed by atoms with E-state index in [4.69, 9.17) is 0 Å². The van der Waals surface area contributed by atoms with Crippen molar-refractivity contribution in [3.8, 4) is 0 Å². The Labute approximate surface area is 70.0 Å². The van der Waals surface area contributed by atoms with Gasteiger partial charge in [0.05, 0.1) is 0 Å².